The van der Waals surface area contributed by atoms with E-state index in [0.29, 0.717) is 73.7 Å². The Morgan fingerprint density at radius 1 is 0.926 bits per heavy atom. The van der Waals surface area contributed by atoms with Crippen molar-refractivity contribution < 1.29 is 29.0 Å². The van der Waals surface area contributed by atoms with E-state index >= 15 is 0 Å². The third kappa shape index (κ3) is 11.8. The van der Waals surface area contributed by atoms with Gasteiger partial charge in [0.2, 0.25) is 17.7 Å². The molecule has 0 bridgehead atoms. The van der Waals surface area contributed by atoms with Crippen LogP contribution in [-0.2, 0) is 27.3 Å². The summed E-state index contributed by atoms with van der Waals surface area (Å²) in [7, 11) is 2.05. The van der Waals surface area contributed by atoms with Gasteiger partial charge in [-0.15, -0.1) is 0 Å². The van der Waals surface area contributed by atoms with E-state index in [0.717, 1.165) is 23.5 Å². The summed E-state index contributed by atoms with van der Waals surface area (Å²) in [6.07, 6.45) is 2.46. The van der Waals surface area contributed by atoms with Gasteiger partial charge >= 0.3 is 0 Å². The number of nitrogens with one attached hydrogen (secondary N) is 2. The highest BCUT2D eigenvalue weighted by Crippen LogP contribution is 2.30. The fraction of sp³-hybridized carbons (Fsp3) is 0.372. The number of fused-ring (bicyclic) bond motifs is 1. The number of ether oxygens (including phenoxy) is 2. The number of nitrogen functional groups attached to an aromatic ring is 1. The third-order valence-corrected chi connectivity index (χ3v) is 9.59. The summed E-state index contributed by atoms with van der Waals surface area (Å²) in [5.41, 5.74) is 9.40. The fourth-order valence-electron chi connectivity index (χ4n) is 6.49. The normalized spacial score (nSPS) is 16.3. The smallest absolute Gasteiger partial charge is 0.227 e. The zero-order valence-corrected chi connectivity index (χ0v) is 31.5. The van der Waals surface area contributed by atoms with Crippen LogP contribution in [-0.4, -0.2) is 71.5 Å². The second-order valence-electron chi connectivity index (χ2n) is 14.2. The highest BCUT2D eigenvalue weighted by atomic mass is 16.5. The van der Waals surface area contributed by atoms with Crippen molar-refractivity contribution in [3.8, 4) is 17.2 Å². The number of aliphatic hydroxyl groups excluding tert-OH is 1. The quantitative estimate of drug-likeness (QED) is 0.0721. The van der Waals surface area contributed by atoms with Gasteiger partial charge in [-0.3, -0.25) is 19.3 Å². The predicted octanol–water partition coefficient (Wildman–Crippen LogP) is 6.87. The van der Waals surface area contributed by atoms with Gasteiger partial charge in [-0.1, -0.05) is 55.8 Å². The van der Waals surface area contributed by atoms with Crippen molar-refractivity contribution in [2.75, 3.05) is 43.1 Å². The van der Waals surface area contributed by atoms with Crippen LogP contribution in [0, 0.1) is 5.92 Å². The summed E-state index contributed by atoms with van der Waals surface area (Å²) in [6, 6.07) is 29.9. The Labute approximate surface area is 318 Å². The molecule has 11 nitrogen and oxygen atoms in total. The van der Waals surface area contributed by atoms with Crippen LogP contribution in [0.3, 0.4) is 0 Å². The Morgan fingerprint density at radius 2 is 1.59 bits per heavy atom. The molecule has 1 heterocycles. The lowest BCUT2D eigenvalue weighted by molar-refractivity contribution is -0.134. The first-order chi connectivity index (χ1) is 26.1. The molecule has 54 heavy (non-hydrogen) atoms. The molecular formula is C43H53N5O6. The number of carbonyl (C=O) groups excluding carboxylic acids is 3. The molecule has 5 N–H and O–H groups in total. The molecule has 1 aliphatic rings. The van der Waals surface area contributed by atoms with Crippen LogP contribution in [0.5, 0.6) is 17.2 Å². The highest BCUT2D eigenvalue weighted by Gasteiger charge is 2.31. The molecule has 0 fully saturated rings. The van der Waals surface area contributed by atoms with Crippen molar-refractivity contribution in [3.63, 3.8) is 0 Å². The number of likely N-dealkylation sites (N-methyl/N-ethyl adjacent to an activating group) is 1. The van der Waals surface area contributed by atoms with Crippen LogP contribution in [0.1, 0.15) is 57.1 Å². The monoisotopic (exact) mass is 735 g/mol. The first-order valence-electron chi connectivity index (χ1n) is 18.7. The molecule has 3 atom stereocenters. The molecule has 0 unspecified atom stereocenters. The summed E-state index contributed by atoms with van der Waals surface area (Å²) in [4.78, 5) is 42.8. The first-order valence-corrected chi connectivity index (χ1v) is 18.7. The standard InChI is InChI=1S/C43H53N5O6/c1-30-26-48(31(2)29-49)43(52)25-33-24-34(45-41(50)16-8-5-9-17-42(51)46-38-15-11-10-14-37(38)44)20-23-39(33)54-40(30)28-47(3)27-32-18-21-36(22-19-32)53-35-12-6-4-7-13-35/h4,6-7,10-15,18-24,30-31,40,49H,5,8-9,16-17,25-29,44H2,1-3H3,(H,45,50)(H,46,51)/t30-,31+,40-/m1/s1. The van der Waals surface area contributed by atoms with Crippen molar-refractivity contribution in [3.05, 3.63) is 108 Å². The number of nitrogens with zero attached hydrogens (tertiary/aromatic N) is 2. The molecule has 4 aromatic rings. The van der Waals surface area contributed by atoms with Crippen LogP contribution < -0.4 is 25.8 Å². The van der Waals surface area contributed by atoms with Crippen molar-refractivity contribution in [2.24, 2.45) is 5.92 Å². The van der Waals surface area contributed by atoms with Crippen LogP contribution in [0.15, 0.2) is 97.1 Å². The molecule has 3 amide bonds. The predicted molar refractivity (Wildman–Crippen MR) is 212 cm³/mol. The van der Waals surface area contributed by atoms with Gasteiger partial charge < -0.3 is 35.8 Å². The average Bonchev–Trinajstić information content (AvgIpc) is 3.20. The number of carbonyl (C=O) groups is 3. The van der Waals surface area contributed by atoms with Crippen LogP contribution >= 0.6 is 0 Å². The number of benzene rings is 4. The lowest BCUT2D eigenvalue weighted by Crippen LogP contribution is -2.47. The summed E-state index contributed by atoms with van der Waals surface area (Å²) < 4.78 is 12.6. The second-order valence-corrected chi connectivity index (χ2v) is 14.2. The highest BCUT2D eigenvalue weighted by molar-refractivity contribution is 5.94. The third-order valence-electron chi connectivity index (χ3n) is 9.59. The maximum Gasteiger partial charge on any atom is 0.227 e. The topological polar surface area (TPSA) is 146 Å². The van der Waals surface area contributed by atoms with E-state index in [-0.39, 0.29) is 48.8 Å². The lowest BCUT2D eigenvalue weighted by Gasteiger charge is -2.34. The van der Waals surface area contributed by atoms with Crippen molar-refractivity contribution >= 4 is 34.8 Å². The number of hydrogen-bond donors (Lipinski definition) is 4. The van der Waals surface area contributed by atoms with Gasteiger partial charge in [0.15, 0.2) is 0 Å². The van der Waals surface area contributed by atoms with Gasteiger partial charge in [-0.05, 0) is 87.0 Å². The van der Waals surface area contributed by atoms with Gasteiger partial charge in [0.1, 0.15) is 23.4 Å². The molecule has 0 spiro atoms. The summed E-state index contributed by atoms with van der Waals surface area (Å²) in [5.74, 6) is 1.75. The van der Waals surface area contributed by atoms with E-state index in [2.05, 4.69) is 34.6 Å². The SMILES string of the molecule is C[C@@H]1CN([C@@H](C)CO)C(=O)Cc2cc(NC(=O)CCCCCC(=O)Nc3ccccc3N)ccc2O[C@@H]1CN(C)Cc1ccc(Oc2ccccc2)cc1. The Morgan fingerprint density at radius 3 is 2.30 bits per heavy atom. The van der Waals surface area contributed by atoms with Gasteiger partial charge in [0.25, 0.3) is 0 Å². The van der Waals surface area contributed by atoms with Crippen LogP contribution in [0.4, 0.5) is 17.1 Å². The average molecular weight is 736 g/mol. The van der Waals surface area contributed by atoms with E-state index in [9.17, 15) is 19.5 Å². The van der Waals surface area contributed by atoms with Crippen molar-refractivity contribution in [1.82, 2.24) is 9.80 Å². The van der Waals surface area contributed by atoms with Crippen molar-refractivity contribution in [1.29, 1.82) is 0 Å². The zero-order valence-electron chi connectivity index (χ0n) is 31.5. The van der Waals surface area contributed by atoms with E-state index in [1.165, 1.54) is 0 Å². The van der Waals surface area contributed by atoms with E-state index in [1.807, 2.05) is 80.7 Å². The minimum absolute atomic E-state index is 0.0417. The number of para-hydroxylation sites is 3. The second kappa shape index (κ2) is 19.6. The summed E-state index contributed by atoms with van der Waals surface area (Å²) in [6.45, 7) is 5.48. The number of amides is 3. The van der Waals surface area contributed by atoms with Gasteiger partial charge in [0.05, 0.1) is 30.4 Å². The fourth-order valence-corrected chi connectivity index (χ4v) is 6.49. The molecule has 4 aromatic carbocycles. The van der Waals surface area contributed by atoms with Crippen LogP contribution in [0.25, 0.3) is 0 Å². The Balaban J connectivity index is 1.18. The lowest BCUT2D eigenvalue weighted by atomic mass is 10.0. The van der Waals surface area contributed by atoms with Gasteiger partial charge in [-0.25, -0.2) is 0 Å². The zero-order chi connectivity index (χ0) is 38.5. The minimum Gasteiger partial charge on any atom is -0.488 e. The van der Waals surface area contributed by atoms with E-state index < -0.39 is 0 Å². The molecule has 1 aliphatic heterocycles. The Hall–Kier alpha value is -5.39. The first kappa shape index (κ1) is 39.8. The number of rotatable bonds is 16. The molecule has 11 heteroatoms. The minimum atomic E-state index is -0.359. The Bertz CT molecular complexity index is 1840. The van der Waals surface area contributed by atoms with E-state index in [4.69, 9.17) is 15.2 Å². The number of hydrogen-bond acceptors (Lipinski definition) is 8. The van der Waals surface area contributed by atoms with Crippen molar-refractivity contribution in [2.45, 2.75) is 71.1 Å². The number of unbranched alkanes of at least 4 members (excludes halogenated alkanes) is 2. The number of anilines is 3. The molecule has 0 aliphatic carbocycles. The maximum atomic E-state index is 13.7. The molecule has 286 valence electrons. The van der Waals surface area contributed by atoms with Crippen LogP contribution in [0.2, 0.25) is 0 Å². The molecule has 0 saturated carbocycles. The molecular weight excluding hydrogens is 683 g/mol. The number of nitrogens with two attached hydrogens (primary N) is 1. The van der Waals surface area contributed by atoms with Gasteiger partial charge in [-0.2, -0.15) is 0 Å². The van der Waals surface area contributed by atoms with E-state index in [1.54, 1.807) is 23.1 Å². The molecule has 0 radical (unpaired) electrons. The van der Waals surface area contributed by atoms with Gasteiger partial charge in [0, 0.05) is 49.6 Å². The molecule has 5 rings (SSSR count). The Kier molecular flexibility index (Phi) is 14.5. The molecule has 0 saturated heterocycles. The largest absolute Gasteiger partial charge is 0.488 e. The summed E-state index contributed by atoms with van der Waals surface area (Å²) in [5, 5.41) is 15.8. The summed E-state index contributed by atoms with van der Waals surface area (Å²) >= 11 is 0. The molecule has 0 aromatic heterocycles. The number of aliphatic hydroxyl groups is 1. The maximum absolute atomic E-state index is 13.7.